The van der Waals surface area contributed by atoms with Crippen LogP contribution in [0.5, 0.6) is 0 Å². The van der Waals surface area contributed by atoms with Gasteiger partial charge in [-0.2, -0.15) is 0 Å². The van der Waals surface area contributed by atoms with E-state index in [1.165, 1.54) is 15.6 Å². The Balaban J connectivity index is 1.78. The molecule has 0 unspecified atom stereocenters. The Hall–Kier alpha value is -1.39. The summed E-state index contributed by atoms with van der Waals surface area (Å²) in [5.74, 6) is 0.0813. The summed E-state index contributed by atoms with van der Waals surface area (Å²) in [5, 5.41) is 3.37. The SMILES string of the molecule is C[C@@H]1O[C@H]1C(=O)N(C)Cc1csc2ccccc12. The highest BCUT2D eigenvalue weighted by molar-refractivity contribution is 7.17. The van der Waals surface area contributed by atoms with Crippen LogP contribution >= 0.6 is 11.3 Å². The largest absolute Gasteiger partial charge is 0.359 e. The summed E-state index contributed by atoms with van der Waals surface area (Å²) < 4.78 is 6.49. The average Bonchev–Trinajstić information content (AvgIpc) is 2.97. The smallest absolute Gasteiger partial charge is 0.254 e. The van der Waals surface area contributed by atoms with E-state index in [4.69, 9.17) is 4.74 Å². The predicted octanol–water partition coefficient (Wildman–Crippen LogP) is 2.65. The summed E-state index contributed by atoms with van der Waals surface area (Å²) in [5.41, 5.74) is 1.21. The number of hydrogen-bond donors (Lipinski definition) is 0. The normalized spacial score (nSPS) is 22.1. The number of nitrogens with zero attached hydrogens (tertiary/aromatic N) is 1. The van der Waals surface area contributed by atoms with Crippen molar-refractivity contribution in [2.24, 2.45) is 0 Å². The van der Waals surface area contributed by atoms with Crippen molar-refractivity contribution in [3.05, 3.63) is 35.2 Å². The van der Waals surface area contributed by atoms with Gasteiger partial charge in [-0.05, 0) is 29.3 Å². The predicted molar refractivity (Wildman–Crippen MR) is 72.6 cm³/mol. The van der Waals surface area contributed by atoms with E-state index in [0.29, 0.717) is 6.54 Å². The highest BCUT2D eigenvalue weighted by atomic mass is 32.1. The highest BCUT2D eigenvalue weighted by Gasteiger charge is 2.42. The highest BCUT2D eigenvalue weighted by Crippen LogP contribution is 2.28. The van der Waals surface area contributed by atoms with E-state index in [-0.39, 0.29) is 18.1 Å². The Kier molecular flexibility index (Phi) is 2.84. The molecule has 1 aliphatic heterocycles. The van der Waals surface area contributed by atoms with Crippen molar-refractivity contribution in [1.82, 2.24) is 4.90 Å². The van der Waals surface area contributed by atoms with Crippen LogP contribution in [-0.4, -0.2) is 30.1 Å². The number of likely N-dealkylation sites (N-methyl/N-ethyl adjacent to an activating group) is 1. The summed E-state index contributed by atoms with van der Waals surface area (Å²) >= 11 is 1.72. The number of thiophene rings is 1. The first kappa shape index (κ1) is 11.7. The summed E-state index contributed by atoms with van der Waals surface area (Å²) in [4.78, 5) is 13.7. The minimum absolute atomic E-state index is 0.0813. The van der Waals surface area contributed by atoms with Crippen molar-refractivity contribution in [1.29, 1.82) is 0 Å². The van der Waals surface area contributed by atoms with Crippen LogP contribution in [-0.2, 0) is 16.1 Å². The van der Waals surface area contributed by atoms with Gasteiger partial charge >= 0.3 is 0 Å². The number of rotatable bonds is 3. The molecule has 1 aromatic heterocycles. The van der Waals surface area contributed by atoms with Crippen LogP contribution in [0.25, 0.3) is 10.1 Å². The third kappa shape index (κ3) is 2.02. The van der Waals surface area contributed by atoms with Gasteiger partial charge in [-0.3, -0.25) is 4.79 Å². The molecule has 4 heteroatoms. The number of fused-ring (bicyclic) bond motifs is 1. The monoisotopic (exact) mass is 261 g/mol. The second-order valence-electron chi connectivity index (χ2n) is 4.71. The van der Waals surface area contributed by atoms with Crippen molar-refractivity contribution in [3.63, 3.8) is 0 Å². The number of epoxide rings is 1. The molecule has 3 rings (SSSR count). The minimum Gasteiger partial charge on any atom is -0.359 e. The second-order valence-corrected chi connectivity index (χ2v) is 5.62. The van der Waals surface area contributed by atoms with Crippen LogP contribution in [0.3, 0.4) is 0 Å². The first-order valence-corrected chi connectivity index (χ1v) is 6.90. The lowest BCUT2D eigenvalue weighted by atomic mass is 10.1. The van der Waals surface area contributed by atoms with Crippen LogP contribution in [0.4, 0.5) is 0 Å². The topological polar surface area (TPSA) is 32.8 Å². The van der Waals surface area contributed by atoms with Gasteiger partial charge in [-0.25, -0.2) is 0 Å². The van der Waals surface area contributed by atoms with Crippen molar-refractivity contribution in [2.75, 3.05) is 7.05 Å². The zero-order valence-corrected chi connectivity index (χ0v) is 11.2. The molecule has 0 bridgehead atoms. The standard InChI is InChI=1S/C14H15NO2S/c1-9-13(17-9)14(16)15(2)7-10-8-18-12-6-4-3-5-11(10)12/h3-6,8-9,13H,7H2,1-2H3/t9-,13+/m0/s1. The number of hydrogen-bond acceptors (Lipinski definition) is 3. The number of ether oxygens (including phenoxy) is 1. The molecule has 1 saturated heterocycles. The summed E-state index contributed by atoms with van der Waals surface area (Å²) in [6.07, 6.45) is -0.140. The zero-order valence-electron chi connectivity index (χ0n) is 10.4. The lowest BCUT2D eigenvalue weighted by molar-refractivity contribution is -0.131. The Morgan fingerprint density at radius 2 is 2.17 bits per heavy atom. The van der Waals surface area contributed by atoms with E-state index in [9.17, 15) is 4.79 Å². The quantitative estimate of drug-likeness (QED) is 0.796. The molecule has 2 atom stereocenters. The van der Waals surface area contributed by atoms with E-state index >= 15 is 0 Å². The second kappa shape index (κ2) is 4.37. The number of amides is 1. The average molecular weight is 261 g/mol. The third-order valence-corrected chi connectivity index (χ3v) is 4.31. The van der Waals surface area contributed by atoms with Crippen LogP contribution in [0.15, 0.2) is 29.6 Å². The lowest BCUT2D eigenvalue weighted by Crippen LogP contribution is -2.30. The van der Waals surface area contributed by atoms with E-state index in [1.54, 1.807) is 16.2 Å². The van der Waals surface area contributed by atoms with Gasteiger partial charge in [0.05, 0.1) is 6.10 Å². The van der Waals surface area contributed by atoms with Crippen molar-refractivity contribution in [3.8, 4) is 0 Å². The molecule has 2 heterocycles. The Morgan fingerprint density at radius 3 is 2.89 bits per heavy atom. The molecule has 0 aliphatic carbocycles. The molecular formula is C14H15NO2S. The fraction of sp³-hybridized carbons (Fsp3) is 0.357. The molecule has 0 spiro atoms. The molecule has 1 amide bonds. The molecule has 1 aromatic carbocycles. The first-order valence-electron chi connectivity index (χ1n) is 6.02. The molecule has 1 fully saturated rings. The molecular weight excluding hydrogens is 246 g/mol. The lowest BCUT2D eigenvalue weighted by Gasteiger charge is -2.15. The molecule has 0 radical (unpaired) electrons. The molecule has 0 N–H and O–H groups in total. The Labute approximate surface area is 110 Å². The molecule has 0 saturated carbocycles. The summed E-state index contributed by atoms with van der Waals surface area (Å²) in [6, 6.07) is 8.29. The maximum atomic E-state index is 12.0. The maximum absolute atomic E-state index is 12.0. The molecule has 94 valence electrons. The molecule has 2 aromatic rings. The molecule has 18 heavy (non-hydrogen) atoms. The number of carbonyl (C=O) groups excluding carboxylic acids is 1. The molecule has 1 aliphatic rings. The maximum Gasteiger partial charge on any atom is 0.254 e. The Bertz CT molecular complexity index is 592. The van der Waals surface area contributed by atoms with E-state index in [1.807, 2.05) is 26.1 Å². The third-order valence-electron chi connectivity index (χ3n) is 3.30. The fourth-order valence-corrected chi connectivity index (χ4v) is 3.10. The van der Waals surface area contributed by atoms with E-state index < -0.39 is 0 Å². The van der Waals surface area contributed by atoms with Crippen LogP contribution < -0.4 is 0 Å². The zero-order chi connectivity index (χ0) is 12.7. The summed E-state index contributed by atoms with van der Waals surface area (Å²) in [7, 11) is 1.84. The van der Waals surface area contributed by atoms with E-state index in [0.717, 1.165) is 0 Å². The van der Waals surface area contributed by atoms with Gasteiger partial charge in [0, 0.05) is 18.3 Å². The summed E-state index contributed by atoms with van der Waals surface area (Å²) in [6.45, 7) is 2.58. The van der Waals surface area contributed by atoms with E-state index in [2.05, 4.69) is 17.5 Å². The van der Waals surface area contributed by atoms with Crippen LogP contribution in [0.1, 0.15) is 12.5 Å². The number of benzene rings is 1. The molecule has 3 nitrogen and oxygen atoms in total. The van der Waals surface area contributed by atoms with Gasteiger partial charge in [0.1, 0.15) is 0 Å². The van der Waals surface area contributed by atoms with Gasteiger partial charge in [-0.15, -0.1) is 11.3 Å². The van der Waals surface area contributed by atoms with Gasteiger partial charge in [0.25, 0.3) is 5.91 Å². The number of carbonyl (C=O) groups is 1. The van der Waals surface area contributed by atoms with Gasteiger partial charge in [0.2, 0.25) is 0 Å². The van der Waals surface area contributed by atoms with Crippen LogP contribution in [0, 0.1) is 0 Å². The van der Waals surface area contributed by atoms with Crippen LogP contribution in [0.2, 0.25) is 0 Å². The van der Waals surface area contributed by atoms with Crippen molar-refractivity contribution in [2.45, 2.75) is 25.7 Å². The van der Waals surface area contributed by atoms with Crippen molar-refractivity contribution >= 4 is 27.3 Å². The van der Waals surface area contributed by atoms with Gasteiger partial charge in [-0.1, -0.05) is 18.2 Å². The van der Waals surface area contributed by atoms with Gasteiger partial charge < -0.3 is 9.64 Å². The van der Waals surface area contributed by atoms with Crippen molar-refractivity contribution < 1.29 is 9.53 Å². The van der Waals surface area contributed by atoms with Gasteiger partial charge in [0.15, 0.2) is 6.10 Å². The Morgan fingerprint density at radius 1 is 1.44 bits per heavy atom. The first-order chi connectivity index (χ1) is 8.66. The fourth-order valence-electron chi connectivity index (χ4n) is 2.15. The minimum atomic E-state index is -0.222.